The summed E-state index contributed by atoms with van der Waals surface area (Å²) in [4.78, 5) is 106. The van der Waals surface area contributed by atoms with E-state index in [1.165, 1.54) is 38.3 Å². The first kappa shape index (κ1) is 59.3. The maximum Gasteiger partial charge on any atom is 0.344 e. The number of nitrogens with zero attached hydrogens (tertiary/aromatic N) is 6. The van der Waals surface area contributed by atoms with Crippen molar-refractivity contribution in [1.29, 1.82) is 0 Å². The number of carbonyl (C=O) groups excluding carboxylic acids is 6. The number of carbonyl (C=O) groups is 6. The van der Waals surface area contributed by atoms with Crippen LogP contribution in [-0.4, -0.2) is 173 Å². The van der Waals surface area contributed by atoms with E-state index in [1.807, 2.05) is 50.1 Å². The lowest BCUT2D eigenvalue weighted by molar-refractivity contribution is -0.385. The second-order valence-electron chi connectivity index (χ2n) is 25.1. The van der Waals surface area contributed by atoms with Gasteiger partial charge in [0.15, 0.2) is 11.9 Å². The number of aromatic nitrogens is 1. The first-order valence-electron chi connectivity index (χ1n) is 29.9. The molecule has 1 spiro atoms. The maximum atomic E-state index is 14.6. The number of piperidine rings is 1. The third kappa shape index (κ3) is 9.80. The number of amides is 2. The number of unbranched alkanes of at least 4 members (excludes halogenated alkanes) is 2. The fourth-order valence-corrected chi connectivity index (χ4v) is 16.7. The molecule has 1 saturated carbocycles. The summed E-state index contributed by atoms with van der Waals surface area (Å²) in [7, 11) is 4.80. The molecule has 7 aliphatic rings. The van der Waals surface area contributed by atoms with E-state index >= 15 is 0 Å². The van der Waals surface area contributed by atoms with Crippen molar-refractivity contribution in [1.82, 2.24) is 19.7 Å². The topological polar surface area (TPSA) is 255 Å². The number of hydrogen-bond donors (Lipinski definition) is 3. The number of ether oxygens (including phenoxy) is 3. The number of benzene rings is 3. The number of methoxy groups -OCH3 is 2. The average Bonchev–Trinajstić information content (AvgIpc) is 1.76. The Balaban J connectivity index is 0.923. The molecule has 2 saturated heterocycles. The van der Waals surface area contributed by atoms with E-state index in [1.54, 1.807) is 19.4 Å². The monoisotopic (exact) mass is 1160 g/mol. The Morgan fingerprint density at radius 2 is 1.72 bits per heavy atom. The van der Waals surface area contributed by atoms with E-state index in [0.717, 1.165) is 50.4 Å². The number of nitrogens with one attached hydrogen (secondary N) is 1. The third-order valence-electron chi connectivity index (χ3n) is 20.2. The van der Waals surface area contributed by atoms with Gasteiger partial charge in [-0.1, -0.05) is 44.6 Å². The molecule has 2 bridgehead atoms. The molecule has 85 heavy (non-hydrogen) atoms. The van der Waals surface area contributed by atoms with Gasteiger partial charge in [0.25, 0.3) is 17.5 Å². The van der Waals surface area contributed by atoms with Crippen molar-refractivity contribution in [3.05, 3.63) is 122 Å². The molecule has 3 N–H and O–H groups in total. The summed E-state index contributed by atoms with van der Waals surface area (Å²) in [5.74, 6) is -2.20. The first-order chi connectivity index (χ1) is 40.6. The summed E-state index contributed by atoms with van der Waals surface area (Å²) >= 11 is 0. The molecule has 6 aliphatic heterocycles. The fourth-order valence-electron chi connectivity index (χ4n) is 16.7. The van der Waals surface area contributed by atoms with Crippen LogP contribution in [0.5, 0.6) is 5.75 Å². The average molecular weight is 1160 g/mol. The van der Waals surface area contributed by atoms with E-state index < -0.39 is 67.9 Å². The lowest BCUT2D eigenvalue weighted by Crippen LogP contribution is -2.81. The van der Waals surface area contributed by atoms with Gasteiger partial charge in [0.2, 0.25) is 5.60 Å². The zero-order valence-electron chi connectivity index (χ0n) is 49.6. The zero-order chi connectivity index (χ0) is 60.5. The smallest absolute Gasteiger partial charge is 0.344 e. The van der Waals surface area contributed by atoms with Crippen LogP contribution in [0.1, 0.15) is 129 Å². The van der Waals surface area contributed by atoms with E-state index in [9.17, 15) is 49.1 Å². The lowest BCUT2D eigenvalue weighted by Gasteiger charge is -2.63. The number of Topliss-reactive ketones (excluding diaryl/α,β-unsaturated/α-hetero) is 2. The van der Waals surface area contributed by atoms with Gasteiger partial charge in [-0.25, -0.2) is 4.79 Å². The highest BCUT2D eigenvalue weighted by Crippen LogP contribution is 2.68. The Morgan fingerprint density at radius 3 is 2.42 bits per heavy atom. The molecule has 7 heterocycles. The predicted octanol–water partition coefficient (Wildman–Crippen LogP) is 6.64. The number of aliphatic hydroxyl groups is 2. The van der Waals surface area contributed by atoms with Gasteiger partial charge in [-0.15, -0.1) is 0 Å². The van der Waals surface area contributed by atoms with Gasteiger partial charge in [0.05, 0.1) is 36.3 Å². The van der Waals surface area contributed by atoms with Crippen molar-refractivity contribution in [2.45, 2.75) is 139 Å². The van der Waals surface area contributed by atoms with Gasteiger partial charge in [-0.3, -0.25) is 53.8 Å². The molecule has 11 rings (SSSR count). The summed E-state index contributed by atoms with van der Waals surface area (Å²) in [5.41, 5.74) is 0.324. The number of aromatic amines is 1. The molecular formula is C65H77N7O13. The number of fused-ring (bicyclic) bond motifs is 6. The van der Waals surface area contributed by atoms with E-state index in [2.05, 4.69) is 44.9 Å². The molecule has 1 aliphatic carbocycles. The van der Waals surface area contributed by atoms with E-state index in [4.69, 9.17) is 14.2 Å². The predicted molar refractivity (Wildman–Crippen MR) is 317 cm³/mol. The highest BCUT2D eigenvalue weighted by atomic mass is 16.6. The standard InChI is InChI=1S/C65H77N7O13/c1-8-62(79)34-42-33-61(4,48-31-47-51(32-53(48)83-6)68(5)58-64(47)23-27-70-24-13-22-63(9-2,57(64)70)59(85-39(3)73)65(58,80)60(78)84-7)56-44(21-26-69(37-42)38-62)46-29-41(16-18-49(46)67-56)35-66-36-52(75)45-17-15-40(30-50(45)72(81)82)28-43(74)14-11-10-12-25-71-54(76)19-20-55(71)77/h13,15-20,22,29-32,35,42,57-59,67,79-80H,8-12,14,21,23-28,33-34,36-38H2,1-7H3/t42-,57-,58+,59+,61+,62-,63+,64+,65-/m0/s1. The van der Waals surface area contributed by atoms with Crippen LogP contribution in [0.15, 0.2) is 77.8 Å². The molecule has 10 atom stereocenters. The number of rotatable bonds is 19. The number of likely N-dealkylation sites (N-methyl/N-ethyl adjacent to an activating group) is 1. The van der Waals surface area contributed by atoms with Crippen LogP contribution in [0.2, 0.25) is 0 Å². The van der Waals surface area contributed by atoms with Crippen LogP contribution >= 0.6 is 0 Å². The second-order valence-corrected chi connectivity index (χ2v) is 25.1. The van der Waals surface area contributed by atoms with Crippen molar-refractivity contribution < 1.29 is 58.1 Å². The molecule has 20 heteroatoms. The van der Waals surface area contributed by atoms with E-state index in [-0.39, 0.29) is 61.1 Å². The quantitative estimate of drug-likeness (QED) is 0.0130. The SMILES string of the molecule is CC[C@]1(O)C[C@H]2CN(CCc3c([nH]c4ccc(C=NCC(=O)c5ccc(CC(=O)CCCCCN6C(=O)C=CC6=O)cc5[N+](=O)[O-])cc34)[C@@](C)(c3cc4c(cc3OC)N(C)[C@H]3[C@@](O)(C(=O)OC)[C@H](OC(C)=O)[C@]5(CC)C=CCN6CC[C@]43[C@@H]65)C2)C1. The molecule has 450 valence electrons. The molecular weight excluding hydrogens is 1090 g/mol. The van der Waals surface area contributed by atoms with Crippen molar-refractivity contribution >= 4 is 63.8 Å². The molecule has 0 radical (unpaired) electrons. The van der Waals surface area contributed by atoms with Crippen LogP contribution in [0, 0.1) is 21.4 Å². The number of ketones is 2. The third-order valence-corrected chi connectivity index (χ3v) is 20.2. The largest absolute Gasteiger partial charge is 0.496 e. The number of aliphatic imine (C=N–C) groups is 1. The number of imide groups is 1. The second kappa shape index (κ2) is 22.5. The van der Waals surface area contributed by atoms with Crippen LogP contribution in [0.25, 0.3) is 10.9 Å². The molecule has 1 aromatic heterocycles. The Kier molecular flexibility index (Phi) is 15.7. The first-order valence-corrected chi connectivity index (χ1v) is 29.9. The number of nitro benzene ring substituents is 1. The van der Waals surface area contributed by atoms with Crippen molar-refractivity contribution in [3.8, 4) is 5.75 Å². The van der Waals surface area contributed by atoms with Gasteiger partial charge < -0.3 is 34.3 Å². The Labute approximate surface area is 494 Å². The maximum absolute atomic E-state index is 14.6. The Bertz CT molecular complexity index is 3500. The molecule has 3 fully saturated rings. The normalized spacial score (nSPS) is 30.2. The van der Waals surface area contributed by atoms with Crippen LogP contribution in [0.4, 0.5) is 11.4 Å². The summed E-state index contributed by atoms with van der Waals surface area (Å²) < 4.78 is 18.2. The van der Waals surface area contributed by atoms with Gasteiger partial charge in [0, 0.05) is 140 Å². The molecule has 20 nitrogen and oxygen atoms in total. The Hall–Kier alpha value is -7.39. The number of esters is 2. The molecule has 3 aromatic carbocycles. The van der Waals surface area contributed by atoms with Crippen LogP contribution < -0.4 is 9.64 Å². The van der Waals surface area contributed by atoms with Crippen LogP contribution in [0.3, 0.4) is 0 Å². The minimum absolute atomic E-state index is 0.0503. The Morgan fingerprint density at radius 1 is 0.941 bits per heavy atom. The molecule has 4 aromatic rings. The highest BCUT2D eigenvalue weighted by Gasteiger charge is 2.80. The zero-order valence-corrected chi connectivity index (χ0v) is 49.6. The van der Waals surface area contributed by atoms with Gasteiger partial charge in [0.1, 0.15) is 18.1 Å². The minimum Gasteiger partial charge on any atom is -0.496 e. The summed E-state index contributed by atoms with van der Waals surface area (Å²) in [6, 6.07) is 13.3. The minimum atomic E-state index is -2.31. The fraction of sp³-hybridized carbons (Fsp3) is 0.523. The lowest BCUT2D eigenvalue weighted by atomic mass is 9.47. The van der Waals surface area contributed by atoms with Gasteiger partial charge in [-0.05, 0) is 117 Å². The van der Waals surface area contributed by atoms with Crippen LogP contribution in [-0.2, 0) is 57.1 Å². The summed E-state index contributed by atoms with van der Waals surface area (Å²) in [6.45, 7) is 10.8. The number of hydrogen-bond acceptors (Lipinski definition) is 17. The molecule has 2 amide bonds. The number of anilines is 1. The summed E-state index contributed by atoms with van der Waals surface area (Å²) in [5, 5.41) is 39.0. The van der Waals surface area contributed by atoms with Crippen molar-refractivity contribution in [2.75, 3.05) is 72.0 Å². The van der Waals surface area contributed by atoms with Gasteiger partial charge in [-0.2, -0.15) is 0 Å². The van der Waals surface area contributed by atoms with Crippen molar-refractivity contribution in [2.24, 2.45) is 16.3 Å². The van der Waals surface area contributed by atoms with Gasteiger partial charge >= 0.3 is 11.9 Å². The number of H-pyrrole nitrogens is 1. The molecule has 1 unspecified atom stereocenters. The number of nitro groups is 1. The summed E-state index contributed by atoms with van der Waals surface area (Å²) in [6.07, 6.45) is 12.3. The highest BCUT2D eigenvalue weighted by molar-refractivity contribution is 6.12. The van der Waals surface area contributed by atoms with Crippen molar-refractivity contribution in [3.63, 3.8) is 0 Å². The van der Waals surface area contributed by atoms with E-state index in [0.29, 0.717) is 101 Å².